The van der Waals surface area contributed by atoms with E-state index < -0.39 is 38.5 Å². The molecule has 36 heavy (non-hydrogen) atoms. The van der Waals surface area contributed by atoms with Gasteiger partial charge in [-0.1, -0.05) is 6.07 Å². The van der Waals surface area contributed by atoms with Crippen LogP contribution in [0, 0.1) is 0 Å². The number of methoxy groups -OCH3 is 1. The smallest absolute Gasteiger partial charge is 0.436 e. The van der Waals surface area contributed by atoms with E-state index in [1.807, 2.05) is 0 Å². The molecule has 4 aromatic rings. The lowest BCUT2D eigenvalue weighted by atomic mass is 10.2. The first-order chi connectivity index (χ1) is 16.9. The van der Waals surface area contributed by atoms with Gasteiger partial charge in [0, 0.05) is 24.3 Å². The summed E-state index contributed by atoms with van der Waals surface area (Å²) in [6.45, 7) is 0. The molecule has 0 saturated heterocycles. The van der Waals surface area contributed by atoms with Crippen LogP contribution in [0.3, 0.4) is 0 Å². The second-order valence-corrected chi connectivity index (χ2v) is 9.50. The van der Waals surface area contributed by atoms with E-state index in [2.05, 4.69) is 14.8 Å². The number of aromatic nitrogens is 3. The molecule has 0 atom stereocenters. The van der Waals surface area contributed by atoms with Crippen molar-refractivity contribution in [2.75, 3.05) is 19.1 Å². The number of fused-ring (bicyclic) bond motifs is 1. The maximum Gasteiger partial charge on any atom is 0.436 e. The van der Waals surface area contributed by atoms with Gasteiger partial charge in [-0.2, -0.15) is 18.3 Å². The summed E-state index contributed by atoms with van der Waals surface area (Å²) in [5.41, 5.74) is -0.373. The van der Waals surface area contributed by atoms with Crippen LogP contribution in [0.1, 0.15) is 15.9 Å². The third kappa shape index (κ3) is 4.52. The molecule has 0 fully saturated rings. The summed E-state index contributed by atoms with van der Waals surface area (Å²) in [6.07, 6.45) is -2.82. The minimum Gasteiger partial charge on any atom is -0.451 e. The van der Waals surface area contributed by atoms with E-state index in [1.54, 1.807) is 0 Å². The Balaban J connectivity index is 1.58. The molecule has 2 aromatic carbocycles. The van der Waals surface area contributed by atoms with Gasteiger partial charge in [0.1, 0.15) is 0 Å². The Hall–Kier alpha value is -4.26. The summed E-state index contributed by atoms with van der Waals surface area (Å²) in [4.78, 5) is 29.3. The third-order valence-electron chi connectivity index (χ3n) is 5.31. The number of ether oxygens (including phenoxy) is 1. The first-order valence-electron chi connectivity index (χ1n) is 10.2. The predicted octanol–water partition coefficient (Wildman–Crippen LogP) is 4.17. The van der Waals surface area contributed by atoms with E-state index in [0.29, 0.717) is 17.1 Å². The molecule has 0 unspecified atom stereocenters. The van der Waals surface area contributed by atoms with Gasteiger partial charge < -0.3 is 9.64 Å². The van der Waals surface area contributed by atoms with Crippen LogP contribution in [0.15, 0.2) is 76.8 Å². The van der Waals surface area contributed by atoms with Crippen LogP contribution < -0.4 is 4.90 Å². The Kier molecular flexibility index (Phi) is 6.26. The van der Waals surface area contributed by atoms with E-state index in [0.717, 1.165) is 22.9 Å². The number of pyridine rings is 1. The summed E-state index contributed by atoms with van der Waals surface area (Å²) in [7, 11) is -1.58. The summed E-state index contributed by atoms with van der Waals surface area (Å²) < 4.78 is 70.2. The molecule has 2 aromatic heterocycles. The highest BCUT2D eigenvalue weighted by Gasteiger charge is 2.32. The normalized spacial score (nSPS) is 11.9. The maximum atomic E-state index is 13.0. The van der Waals surface area contributed by atoms with Gasteiger partial charge in [-0.05, 0) is 48.5 Å². The molecule has 4 rings (SSSR count). The number of hydrogen-bond donors (Lipinski definition) is 0. The van der Waals surface area contributed by atoms with Crippen molar-refractivity contribution < 1.29 is 35.9 Å². The van der Waals surface area contributed by atoms with Crippen molar-refractivity contribution in [3.8, 4) is 0 Å². The maximum absolute atomic E-state index is 13.0. The quantitative estimate of drug-likeness (QED) is 0.399. The molecule has 186 valence electrons. The van der Waals surface area contributed by atoms with E-state index >= 15 is 0 Å². The van der Waals surface area contributed by atoms with Crippen molar-refractivity contribution in [2.45, 2.75) is 16.0 Å². The first-order valence-corrected chi connectivity index (χ1v) is 11.6. The molecule has 2 heterocycles. The Labute approximate surface area is 202 Å². The van der Waals surface area contributed by atoms with Gasteiger partial charge in [-0.25, -0.2) is 18.2 Å². The van der Waals surface area contributed by atoms with Crippen molar-refractivity contribution >= 4 is 38.6 Å². The lowest BCUT2D eigenvalue weighted by molar-refractivity contribution is -0.137. The van der Waals surface area contributed by atoms with Gasteiger partial charge in [0.05, 0.1) is 34.2 Å². The number of nitrogens with zero attached hydrogens (tertiary/aromatic N) is 4. The molecule has 0 N–H and O–H groups in total. The Morgan fingerprint density at radius 2 is 1.69 bits per heavy atom. The Morgan fingerprint density at radius 3 is 2.33 bits per heavy atom. The molecule has 0 spiro atoms. The molecule has 0 saturated carbocycles. The van der Waals surface area contributed by atoms with E-state index in [9.17, 15) is 31.2 Å². The van der Waals surface area contributed by atoms with Crippen molar-refractivity contribution in [2.24, 2.45) is 0 Å². The molecular weight excluding hydrogens is 501 g/mol. The molecule has 0 aliphatic rings. The Bertz CT molecular complexity index is 1580. The predicted molar refractivity (Wildman–Crippen MR) is 121 cm³/mol. The largest absolute Gasteiger partial charge is 0.451 e. The number of carbonyl (C=O) groups is 2. The molecule has 0 bridgehead atoms. The second kappa shape index (κ2) is 9.07. The van der Waals surface area contributed by atoms with Crippen molar-refractivity contribution in [1.29, 1.82) is 0 Å². The fourth-order valence-electron chi connectivity index (χ4n) is 3.39. The monoisotopic (exact) mass is 518 g/mol. The topological polar surface area (TPSA) is 111 Å². The average molecular weight is 518 g/mol. The number of rotatable bonds is 4. The number of halogens is 3. The molecule has 0 aliphatic heterocycles. The molecular formula is C23H17F3N4O5S. The fraction of sp³-hybridized carbons (Fsp3) is 0.130. The van der Waals surface area contributed by atoms with Crippen LogP contribution in [0.2, 0.25) is 0 Å². The number of carbonyl (C=O) groups excluding carboxylic acids is 2. The highest BCUT2D eigenvalue weighted by atomic mass is 32.2. The second-order valence-electron chi connectivity index (χ2n) is 7.55. The number of alkyl halides is 3. The zero-order valence-corrected chi connectivity index (χ0v) is 19.5. The van der Waals surface area contributed by atoms with Gasteiger partial charge in [-0.15, -0.1) is 4.68 Å². The summed E-state index contributed by atoms with van der Waals surface area (Å²) in [6, 6.07) is 10.1. The van der Waals surface area contributed by atoms with Crippen LogP contribution in [-0.4, -0.2) is 49.3 Å². The number of anilines is 1. The lowest BCUT2D eigenvalue weighted by Crippen LogP contribution is -2.26. The summed E-state index contributed by atoms with van der Waals surface area (Å²) in [5, 5.41) is 4.30. The zero-order valence-electron chi connectivity index (χ0n) is 18.7. The van der Waals surface area contributed by atoms with Gasteiger partial charge in [0.2, 0.25) is 9.84 Å². The van der Waals surface area contributed by atoms with Crippen LogP contribution in [0.25, 0.3) is 11.0 Å². The van der Waals surface area contributed by atoms with Crippen LogP contribution >= 0.6 is 0 Å². The van der Waals surface area contributed by atoms with Crippen LogP contribution in [-0.2, 0) is 20.8 Å². The van der Waals surface area contributed by atoms with Crippen LogP contribution in [0.5, 0.6) is 0 Å². The molecule has 13 heteroatoms. The van der Waals surface area contributed by atoms with Crippen molar-refractivity contribution in [3.63, 3.8) is 0 Å². The lowest BCUT2D eigenvalue weighted by Gasteiger charge is -2.18. The Morgan fingerprint density at radius 1 is 1.00 bits per heavy atom. The van der Waals surface area contributed by atoms with Crippen molar-refractivity contribution in [3.05, 3.63) is 78.1 Å². The minimum absolute atomic E-state index is 0.176. The third-order valence-corrected chi connectivity index (χ3v) is 7.08. The van der Waals surface area contributed by atoms with Crippen molar-refractivity contribution in [1.82, 2.24) is 14.8 Å². The average Bonchev–Trinajstić information content (AvgIpc) is 3.30. The fourth-order valence-corrected chi connectivity index (χ4v) is 4.70. The van der Waals surface area contributed by atoms with E-state index in [-0.39, 0.29) is 16.1 Å². The summed E-state index contributed by atoms with van der Waals surface area (Å²) in [5.74, 6) is -0.483. The van der Waals surface area contributed by atoms with Gasteiger partial charge >= 0.3 is 12.3 Å². The molecule has 9 nitrogen and oxygen atoms in total. The minimum atomic E-state index is -4.69. The van der Waals surface area contributed by atoms with Crippen LogP contribution in [0.4, 0.5) is 23.7 Å². The first kappa shape index (κ1) is 24.9. The number of hydrogen-bond acceptors (Lipinski definition) is 7. The van der Waals surface area contributed by atoms with E-state index in [1.165, 1.54) is 61.8 Å². The van der Waals surface area contributed by atoms with E-state index in [4.69, 9.17) is 0 Å². The molecule has 1 amide bonds. The summed E-state index contributed by atoms with van der Waals surface area (Å²) >= 11 is 0. The molecule has 0 aliphatic carbocycles. The number of sulfone groups is 1. The number of benzene rings is 2. The van der Waals surface area contributed by atoms with Gasteiger partial charge in [0.15, 0.2) is 5.65 Å². The SMILES string of the molecule is COC(=O)n1ncc2cc(C(=O)N(C)c3ccc(S(=O)(=O)c4cccc(C(F)(F)F)c4)cc3)cnc21. The highest BCUT2D eigenvalue weighted by molar-refractivity contribution is 7.91. The standard InChI is InChI=1S/C23H17F3N4O5S/c1-29(21(31)15-10-14-13-28-30(22(32)35-2)20(14)27-12-15)17-6-8-18(9-7-17)36(33,34)19-5-3-4-16(11-19)23(24,25)26/h3-13H,1-2H3. The van der Waals surface area contributed by atoms with Gasteiger partial charge in [-0.3, -0.25) is 4.79 Å². The molecule has 0 radical (unpaired) electrons. The highest BCUT2D eigenvalue weighted by Crippen LogP contribution is 2.32. The van der Waals surface area contributed by atoms with Gasteiger partial charge in [0.25, 0.3) is 5.91 Å². The number of amides is 1. The zero-order chi connectivity index (χ0) is 26.3.